The van der Waals surface area contributed by atoms with E-state index in [0.29, 0.717) is 11.3 Å². The first kappa shape index (κ1) is 19.1. The van der Waals surface area contributed by atoms with Gasteiger partial charge in [-0.1, -0.05) is 30.3 Å². The Hall–Kier alpha value is -2.66. The number of nitrogens with one attached hydrogen (secondary N) is 1. The molecule has 1 heterocycles. The average molecular weight is 365 g/mol. The first-order chi connectivity index (χ1) is 13.0. The quantitative estimate of drug-likeness (QED) is 0.848. The van der Waals surface area contributed by atoms with Crippen molar-refractivity contribution in [1.29, 1.82) is 0 Å². The number of carbonyl (C=O) groups excluding carboxylic acids is 2. The molecule has 0 radical (unpaired) electrons. The standard InChI is InChI=1S/C22H27N3O2/c1-16-7-5-6-14-25(16)22(27)18-10-12-19(13-11-18)24-21(26)15-20(23)17-8-3-2-4-9-17/h2-4,8-13,16,20H,5-7,14-15,23H2,1H3,(H,24,26). The van der Waals surface area contributed by atoms with E-state index in [9.17, 15) is 9.59 Å². The van der Waals surface area contributed by atoms with E-state index in [1.807, 2.05) is 35.2 Å². The van der Waals surface area contributed by atoms with E-state index < -0.39 is 0 Å². The molecule has 2 aromatic carbocycles. The zero-order chi connectivity index (χ0) is 19.2. The lowest BCUT2D eigenvalue weighted by Gasteiger charge is -2.33. The number of anilines is 1. The Morgan fingerprint density at radius 3 is 2.48 bits per heavy atom. The molecule has 0 spiro atoms. The second kappa shape index (κ2) is 8.82. The van der Waals surface area contributed by atoms with E-state index in [0.717, 1.165) is 24.9 Å². The third-order valence-corrected chi connectivity index (χ3v) is 5.11. The third-order valence-electron chi connectivity index (χ3n) is 5.11. The van der Waals surface area contributed by atoms with Crippen LogP contribution in [0.2, 0.25) is 0 Å². The van der Waals surface area contributed by atoms with Crippen molar-refractivity contribution in [3.8, 4) is 0 Å². The molecule has 0 aromatic heterocycles. The Balaban J connectivity index is 1.57. The molecule has 2 atom stereocenters. The van der Waals surface area contributed by atoms with E-state index in [1.54, 1.807) is 24.3 Å². The van der Waals surface area contributed by atoms with Gasteiger partial charge in [-0.05, 0) is 56.0 Å². The molecule has 1 aliphatic heterocycles. The molecule has 1 aliphatic rings. The molecule has 1 saturated heterocycles. The van der Waals surface area contributed by atoms with Crippen LogP contribution >= 0.6 is 0 Å². The van der Waals surface area contributed by atoms with E-state index in [-0.39, 0.29) is 30.3 Å². The highest BCUT2D eigenvalue weighted by molar-refractivity contribution is 5.96. The number of piperidine rings is 1. The van der Waals surface area contributed by atoms with Crippen LogP contribution in [0.3, 0.4) is 0 Å². The Morgan fingerprint density at radius 1 is 1.11 bits per heavy atom. The molecule has 2 amide bonds. The summed E-state index contributed by atoms with van der Waals surface area (Å²) in [6, 6.07) is 16.6. The minimum absolute atomic E-state index is 0.0613. The van der Waals surface area contributed by atoms with Gasteiger partial charge in [-0.25, -0.2) is 0 Å². The molecule has 0 bridgehead atoms. The fourth-order valence-corrected chi connectivity index (χ4v) is 3.49. The SMILES string of the molecule is CC1CCCCN1C(=O)c1ccc(NC(=O)CC(N)c2ccccc2)cc1. The van der Waals surface area contributed by atoms with Crippen molar-refractivity contribution in [2.75, 3.05) is 11.9 Å². The first-order valence-electron chi connectivity index (χ1n) is 9.56. The molecule has 3 rings (SSSR count). The summed E-state index contributed by atoms with van der Waals surface area (Å²) in [5, 5.41) is 2.85. The molecule has 0 aliphatic carbocycles. The summed E-state index contributed by atoms with van der Waals surface area (Å²) in [6.07, 6.45) is 3.50. The van der Waals surface area contributed by atoms with Crippen LogP contribution in [0, 0.1) is 0 Å². The maximum absolute atomic E-state index is 12.7. The predicted molar refractivity (Wildman–Crippen MR) is 107 cm³/mol. The van der Waals surface area contributed by atoms with Gasteiger partial charge in [0.05, 0.1) is 0 Å². The Labute approximate surface area is 160 Å². The molecule has 5 nitrogen and oxygen atoms in total. The number of likely N-dealkylation sites (tertiary alicyclic amines) is 1. The van der Waals surface area contributed by atoms with Gasteiger partial charge in [0.15, 0.2) is 0 Å². The van der Waals surface area contributed by atoms with Crippen LogP contribution < -0.4 is 11.1 Å². The van der Waals surface area contributed by atoms with Crippen molar-refractivity contribution < 1.29 is 9.59 Å². The monoisotopic (exact) mass is 365 g/mol. The molecule has 1 fully saturated rings. The van der Waals surface area contributed by atoms with E-state index in [2.05, 4.69) is 12.2 Å². The summed E-state index contributed by atoms with van der Waals surface area (Å²) in [4.78, 5) is 26.8. The summed E-state index contributed by atoms with van der Waals surface area (Å²) in [5.41, 5.74) is 8.36. The number of nitrogens with zero attached hydrogens (tertiary/aromatic N) is 1. The van der Waals surface area contributed by atoms with E-state index in [4.69, 9.17) is 5.73 Å². The first-order valence-corrected chi connectivity index (χ1v) is 9.56. The maximum Gasteiger partial charge on any atom is 0.254 e. The van der Waals surface area contributed by atoms with Crippen molar-refractivity contribution >= 4 is 17.5 Å². The summed E-state index contributed by atoms with van der Waals surface area (Å²) in [6.45, 7) is 2.91. The van der Waals surface area contributed by atoms with Crippen molar-refractivity contribution in [1.82, 2.24) is 4.90 Å². The van der Waals surface area contributed by atoms with Crippen LogP contribution in [0.5, 0.6) is 0 Å². The second-order valence-corrected chi connectivity index (χ2v) is 7.19. The van der Waals surface area contributed by atoms with Crippen LogP contribution in [-0.2, 0) is 4.79 Å². The molecule has 2 aromatic rings. The maximum atomic E-state index is 12.7. The van der Waals surface area contributed by atoms with Crippen molar-refractivity contribution in [3.05, 3.63) is 65.7 Å². The number of nitrogens with two attached hydrogens (primary N) is 1. The molecule has 5 heteroatoms. The summed E-state index contributed by atoms with van der Waals surface area (Å²) in [5.74, 6) is -0.0822. The molecule has 27 heavy (non-hydrogen) atoms. The fraction of sp³-hybridized carbons (Fsp3) is 0.364. The Morgan fingerprint density at radius 2 is 1.81 bits per heavy atom. The molecule has 0 saturated carbocycles. The van der Waals surface area contributed by atoms with E-state index in [1.165, 1.54) is 6.42 Å². The Bertz CT molecular complexity index is 774. The van der Waals surface area contributed by atoms with Crippen molar-refractivity contribution in [2.24, 2.45) is 5.73 Å². The van der Waals surface area contributed by atoms with Gasteiger partial charge in [0.25, 0.3) is 5.91 Å². The minimum atomic E-state index is -0.340. The van der Waals surface area contributed by atoms with Gasteiger partial charge < -0.3 is 16.0 Å². The van der Waals surface area contributed by atoms with Crippen LogP contribution in [0.4, 0.5) is 5.69 Å². The van der Waals surface area contributed by atoms with E-state index >= 15 is 0 Å². The van der Waals surface area contributed by atoms with Crippen molar-refractivity contribution in [2.45, 2.75) is 44.7 Å². The number of amides is 2. The van der Waals surface area contributed by atoms with Gasteiger partial charge in [-0.2, -0.15) is 0 Å². The normalized spacial score (nSPS) is 18.0. The van der Waals surface area contributed by atoms with Crippen molar-refractivity contribution in [3.63, 3.8) is 0 Å². The molecule has 3 N–H and O–H groups in total. The number of benzene rings is 2. The predicted octanol–water partition coefficient (Wildman–Crippen LogP) is 3.73. The smallest absolute Gasteiger partial charge is 0.254 e. The highest BCUT2D eigenvalue weighted by Gasteiger charge is 2.24. The lowest BCUT2D eigenvalue weighted by Crippen LogP contribution is -2.42. The highest BCUT2D eigenvalue weighted by atomic mass is 16.2. The average Bonchev–Trinajstić information content (AvgIpc) is 2.69. The van der Waals surface area contributed by atoms with Gasteiger partial charge in [-0.3, -0.25) is 9.59 Å². The largest absolute Gasteiger partial charge is 0.336 e. The summed E-state index contributed by atoms with van der Waals surface area (Å²) >= 11 is 0. The molecule has 142 valence electrons. The topological polar surface area (TPSA) is 75.4 Å². The lowest BCUT2D eigenvalue weighted by atomic mass is 10.0. The van der Waals surface area contributed by atoms with Crippen LogP contribution in [0.1, 0.15) is 54.6 Å². The van der Waals surface area contributed by atoms with Gasteiger partial charge in [0, 0.05) is 36.3 Å². The Kier molecular flexibility index (Phi) is 6.24. The minimum Gasteiger partial charge on any atom is -0.336 e. The summed E-state index contributed by atoms with van der Waals surface area (Å²) < 4.78 is 0. The number of hydrogen-bond acceptors (Lipinski definition) is 3. The summed E-state index contributed by atoms with van der Waals surface area (Å²) in [7, 11) is 0. The lowest BCUT2D eigenvalue weighted by molar-refractivity contribution is -0.116. The van der Waals surface area contributed by atoms with Gasteiger partial charge in [0.1, 0.15) is 0 Å². The molecule has 2 unspecified atom stereocenters. The third kappa shape index (κ3) is 4.95. The molecular weight excluding hydrogens is 338 g/mol. The zero-order valence-electron chi connectivity index (χ0n) is 15.7. The highest BCUT2D eigenvalue weighted by Crippen LogP contribution is 2.20. The fourth-order valence-electron chi connectivity index (χ4n) is 3.49. The number of hydrogen-bond donors (Lipinski definition) is 2. The van der Waals surface area contributed by atoms with Gasteiger partial charge >= 0.3 is 0 Å². The van der Waals surface area contributed by atoms with Crippen LogP contribution in [-0.4, -0.2) is 29.3 Å². The number of carbonyl (C=O) groups is 2. The van der Waals surface area contributed by atoms with Crippen LogP contribution in [0.25, 0.3) is 0 Å². The second-order valence-electron chi connectivity index (χ2n) is 7.19. The van der Waals surface area contributed by atoms with Gasteiger partial charge in [0.2, 0.25) is 5.91 Å². The zero-order valence-corrected chi connectivity index (χ0v) is 15.7. The van der Waals surface area contributed by atoms with Gasteiger partial charge in [-0.15, -0.1) is 0 Å². The van der Waals surface area contributed by atoms with Crippen LogP contribution in [0.15, 0.2) is 54.6 Å². The number of rotatable bonds is 5. The molecular formula is C22H27N3O2.